The van der Waals surface area contributed by atoms with Crippen molar-refractivity contribution in [2.45, 2.75) is 83.8 Å². The minimum absolute atomic E-state index is 0.0477. The molecule has 30 heavy (non-hydrogen) atoms. The molecule has 4 heteroatoms. The van der Waals surface area contributed by atoms with Crippen LogP contribution in [0.25, 0.3) is 0 Å². The van der Waals surface area contributed by atoms with Gasteiger partial charge in [-0.3, -0.25) is 9.59 Å². The first-order valence-electron chi connectivity index (χ1n) is 11.2. The van der Waals surface area contributed by atoms with Gasteiger partial charge in [-0.1, -0.05) is 54.1 Å². The summed E-state index contributed by atoms with van der Waals surface area (Å²) in [4.78, 5) is 23.8. The van der Waals surface area contributed by atoms with Crippen molar-refractivity contribution < 1.29 is 19.4 Å². The van der Waals surface area contributed by atoms with Crippen molar-refractivity contribution in [3.63, 3.8) is 0 Å². The fourth-order valence-electron chi connectivity index (χ4n) is 3.77. The van der Waals surface area contributed by atoms with E-state index in [1.807, 2.05) is 38.1 Å². The lowest BCUT2D eigenvalue weighted by atomic mass is 9.91. The van der Waals surface area contributed by atoms with Gasteiger partial charge in [-0.2, -0.15) is 0 Å². The highest BCUT2D eigenvalue weighted by Gasteiger charge is 2.26. The summed E-state index contributed by atoms with van der Waals surface area (Å²) in [5.74, 6) is 0.0721. The van der Waals surface area contributed by atoms with E-state index in [1.54, 1.807) is 0 Å². The third-order valence-electron chi connectivity index (χ3n) is 5.43. The lowest BCUT2D eigenvalue weighted by Gasteiger charge is -2.15. The van der Waals surface area contributed by atoms with E-state index in [0.717, 1.165) is 32.1 Å². The van der Waals surface area contributed by atoms with Crippen LogP contribution in [0, 0.1) is 5.92 Å². The number of hydrogen-bond acceptors (Lipinski definition) is 4. The van der Waals surface area contributed by atoms with Crippen LogP contribution in [0.4, 0.5) is 0 Å². The summed E-state index contributed by atoms with van der Waals surface area (Å²) in [5.41, 5.74) is 2.41. The molecule has 0 fully saturated rings. The van der Waals surface area contributed by atoms with Crippen molar-refractivity contribution in [2.24, 2.45) is 5.92 Å². The molecule has 164 valence electrons. The molecule has 0 aliphatic heterocycles. The van der Waals surface area contributed by atoms with Crippen LogP contribution < -0.4 is 0 Å². The van der Waals surface area contributed by atoms with Crippen LogP contribution in [0.2, 0.25) is 0 Å². The Hall–Kier alpha value is -2.20. The normalized spacial score (nSPS) is 17.5. The molecule has 2 rings (SSSR count). The maximum absolute atomic E-state index is 12.2. The highest BCUT2D eigenvalue weighted by atomic mass is 16.5. The highest BCUT2D eigenvalue weighted by Crippen LogP contribution is 2.30. The summed E-state index contributed by atoms with van der Waals surface area (Å²) >= 11 is 0. The molecule has 0 aromatic heterocycles. The van der Waals surface area contributed by atoms with Crippen molar-refractivity contribution in [2.75, 3.05) is 0 Å². The number of hydrogen-bond donors (Lipinski definition) is 1. The zero-order valence-electron chi connectivity index (χ0n) is 18.4. The van der Waals surface area contributed by atoms with E-state index >= 15 is 0 Å². The second-order valence-electron chi connectivity index (χ2n) is 8.36. The highest BCUT2D eigenvalue weighted by molar-refractivity contribution is 5.88. The topological polar surface area (TPSA) is 63.6 Å². The van der Waals surface area contributed by atoms with Crippen molar-refractivity contribution in [1.82, 2.24) is 0 Å². The van der Waals surface area contributed by atoms with Crippen LogP contribution >= 0.6 is 0 Å². The minimum atomic E-state index is -0.344. The maximum atomic E-state index is 12.2. The quantitative estimate of drug-likeness (QED) is 0.270. The Morgan fingerprint density at radius 1 is 1.17 bits per heavy atom. The third-order valence-corrected chi connectivity index (χ3v) is 5.43. The van der Waals surface area contributed by atoms with Gasteiger partial charge in [0.25, 0.3) is 0 Å². The Bertz CT molecular complexity index is 718. The average molecular weight is 413 g/mol. The lowest BCUT2D eigenvalue weighted by molar-refractivity contribution is -0.147. The summed E-state index contributed by atoms with van der Waals surface area (Å²) in [6.45, 7) is 3.70. The standard InChI is InChI=1S/C26H36O4/c1-20(2)30-26(29)13-9-4-3-8-12-24-22(16-19-25(24)28)15-18-23(27)17-14-21-10-6-5-7-11-21/h3,5-8,10-11,16,20,23-24,27H,4,9,12-15,17-19H2,1-2H3/t23-,24-/m1/s1. The van der Waals surface area contributed by atoms with Gasteiger partial charge in [0.05, 0.1) is 12.2 Å². The van der Waals surface area contributed by atoms with E-state index in [0.29, 0.717) is 25.7 Å². The molecule has 0 amide bonds. The van der Waals surface area contributed by atoms with Gasteiger partial charge in [0, 0.05) is 18.8 Å². The van der Waals surface area contributed by atoms with Gasteiger partial charge >= 0.3 is 5.97 Å². The Morgan fingerprint density at radius 3 is 2.63 bits per heavy atom. The Balaban J connectivity index is 1.66. The smallest absolute Gasteiger partial charge is 0.306 e. The summed E-state index contributed by atoms with van der Waals surface area (Å²) < 4.78 is 5.12. The molecule has 1 aromatic carbocycles. The van der Waals surface area contributed by atoms with Crippen molar-refractivity contribution in [1.29, 1.82) is 0 Å². The molecular formula is C26H36O4. The number of aryl methyl sites for hydroxylation is 1. The number of carbonyl (C=O) groups is 2. The first-order chi connectivity index (χ1) is 14.5. The van der Waals surface area contributed by atoms with Crippen LogP contribution in [0.1, 0.15) is 70.8 Å². The first kappa shape index (κ1) is 24.1. The molecule has 1 aliphatic carbocycles. The van der Waals surface area contributed by atoms with Gasteiger partial charge in [0.1, 0.15) is 5.78 Å². The van der Waals surface area contributed by atoms with E-state index < -0.39 is 0 Å². The van der Waals surface area contributed by atoms with Crippen molar-refractivity contribution in [3.05, 3.63) is 59.7 Å². The van der Waals surface area contributed by atoms with Crippen molar-refractivity contribution in [3.8, 4) is 0 Å². The van der Waals surface area contributed by atoms with E-state index in [4.69, 9.17) is 4.74 Å². The Morgan fingerprint density at radius 2 is 1.90 bits per heavy atom. The largest absolute Gasteiger partial charge is 0.463 e. The number of esters is 1. The fourth-order valence-corrected chi connectivity index (χ4v) is 3.77. The van der Waals surface area contributed by atoms with Gasteiger partial charge in [-0.15, -0.1) is 0 Å². The number of rotatable bonds is 13. The number of benzene rings is 1. The van der Waals surface area contributed by atoms with Gasteiger partial charge in [0.2, 0.25) is 0 Å². The zero-order chi connectivity index (χ0) is 21.8. The number of aliphatic hydroxyl groups is 1. The Labute approximate surface area is 181 Å². The van der Waals surface area contributed by atoms with Crippen LogP contribution in [-0.2, 0) is 20.7 Å². The van der Waals surface area contributed by atoms with Crippen LogP contribution in [0.15, 0.2) is 54.1 Å². The molecule has 0 saturated carbocycles. The number of unbranched alkanes of at least 4 members (excludes halogenated alkanes) is 1. The Kier molecular flexibility index (Phi) is 10.6. The van der Waals surface area contributed by atoms with E-state index in [2.05, 4.69) is 24.3 Å². The lowest BCUT2D eigenvalue weighted by Crippen LogP contribution is -2.13. The molecule has 0 saturated heterocycles. The van der Waals surface area contributed by atoms with Gasteiger partial charge < -0.3 is 9.84 Å². The second-order valence-corrected chi connectivity index (χ2v) is 8.36. The fraction of sp³-hybridized carbons (Fsp3) is 0.538. The number of ketones is 1. The molecule has 0 radical (unpaired) electrons. The second kappa shape index (κ2) is 13.2. The van der Waals surface area contributed by atoms with Crippen LogP contribution in [0.3, 0.4) is 0 Å². The number of ether oxygens (including phenoxy) is 1. The predicted octanol–water partition coefficient (Wildman–Crippen LogP) is 5.34. The summed E-state index contributed by atoms with van der Waals surface area (Å²) in [7, 11) is 0. The number of carbonyl (C=O) groups excluding carboxylic acids is 2. The third kappa shape index (κ3) is 9.08. The molecule has 0 unspecified atom stereocenters. The molecule has 0 heterocycles. The molecule has 0 spiro atoms. The van der Waals surface area contributed by atoms with E-state index in [1.165, 1.54) is 11.1 Å². The van der Waals surface area contributed by atoms with Crippen molar-refractivity contribution >= 4 is 11.8 Å². The van der Waals surface area contributed by atoms with Gasteiger partial charge in [-0.25, -0.2) is 0 Å². The number of aliphatic hydroxyl groups excluding tert-OH is 1. The van der Waals surface area contributed by atoms with Gasteiger partial charge in [-0.05, 0) is 64.4 Å². The molecule has 4 nitrogen and oxygen atoms in total. The monoisotopic (exact) mass is 412 g/mol. The van der Waals surface area contributed by atoms with Crippen LogP contribution in [0.5, 0.6) is 0 Å². The number of allylic oxidation sites excluding steroid dienone is 4. The molecule has 2 atom stereocenters. The molecule has 1 aromatic rings. The average Bonchev–Trinajstić information content (AvgIpc) is 3.07. The zero-order valence-corrected chi connectivity index (χ0v) is 18.4. The summed E-state index contributed by atoms with van der Waals surface area (Å²) in [6, 6.07) is 10.2. The summed E-state index contributed by atoms with van der Waals surface area (Å²) in [5, 5.41) is 10.3. The number of Topliss-reactive ketones (excluding diaryl/α,β-unsaturated/α-hetero) is 1. The molecule has 1 aliphatic rings. The molecular weight excluding hydrogens is 376 g/mol. The summed E-state index contributed by atoms with van der Waals surface area (Å²) in [6.07, 6.45) is 12.1. The SMILES string of the molecule is CC(C)OC(=O)CCCC=CC[C@H]1C(=O)CC=C1CC[C@H](O)CCc1ccccc1. The van der Waals surface area contributed by atoms with Gasteiger partial charge in [0.15, 0.2) is 0 Å². The van der Waals surface area contributed by atoms with E-state index in [9.17, 15) is 14.7 Å². The van der Waals surface area contributed by atoms with Crippen LogP contribution in [-0.4, -0.2) is 29.1 Å². The first-order valence-corrected chi connectivity index (χ1v) is 11.2. The molecule has 0 bridgehead atoms. The molecule has 1 N–H and O–H groups in total. The minimum Gasteiger partial charge on any atom is -0.463 e. The van der Waals surface area contributed by atoms with E-state index in [-0.39, 0.29) is 29.9 Å². The maximum Gasteiger partial charge on any atom is 0.306 e. The predicted molar refractivity (Wildman–Crippen MR) is 120 cm³/mol.